The zero-order valence-corrected chi connectivity index (χ0v) is 14.4. The lowest BCUT2D eigenvalue weighted by molar-refractivity contribution is 0.181. The van der Waals surface area contributed by atoms with E-state index >= 15 is 0 Å². The molecule has 3 amide bonds. The Morgan fingerprint density at radius 2 is 2.28 bits per heavy atom. The molecule has 4 rings (SSSR count). The molecule has 8 heteroatoms. The number of cyclic esters (lactones) is 1. The molecule has 0 spiro atoms. The predicted octanol–water partition coefficient (Wildman–Crippen LogP) is 3.47. The minimum atomic E-state index is -0.355. The lowest BCUT2D eigenvalue weighted by Crippen LogP contribution is -2.34. The Labute approximate surface area is 149 Å². The van der Waals surface area contributed by atoms with Crippen molar-refractivity contribution in [1.82, 2.24) is 9.88 Å². The van der Waals surface area contributed by atoms with Gasteiger partial charge in [0.1, 0.15) is 11.6 Å². The predicted molar refractivity (Wildman–Crippen MR) is 94.9 cm³/mol. The van der Waals surface area contributed by atoms with E-state index in [-0.39, 0.29) is 18.2 Å². The van der Waals surface area contributed by atoms with Crippen molar-refractivity contribution >= 4 is 34.8 Å². The molecule has 0 radical (unpaired) electrons. The fourth-order valence-electron chi connectivity index (χ4n) is 3.24. The van der Waals surface area contributed by atoms with Gasteiger partial charge in [-0.3, -0.25) is 4.90 Å². The summed E-state index contributed by atoms with van der Waals surface area (Å²) in [5.74, 6) is 0. The lowest BCUT2D eigenvalue weighted by Gasteiger charge is -2.23. The van der Waals surface area contributed by atoms with Crippen LogP contribution >= 0.6 is 11.3 Å². The molecule has 0 bridgehead atoms. The summed E-state index contributed by atoms with van der Waals surface area (Å²) in [5.41, 5.74) is 1.38. The maximum Gasteiger partial charge on any atom is 0.414 e. The van der Waals surface area contributed by atoms with Crippen LogP contribution in [0.25, 0.3) is 0 Å². The number of ether oxygens (including phenoxy) is 1. The maximum atomic E-state index is 12.7. The summed E-state index contributed by atoms with van der Waals surface area (Å²) in [5, 5.41) is 5.85. The molecule has 0 aliphatic carbocycles. The number of hydrogen-bond acceptors (Lipinski definition) is 5. The normalized spacial score (nSPS) is 20.0. The van der Waals surface area contributed by atoms with E-state index in [0.29, 0.717) is 25.4 Å². The largest absolute Gasteiger partial charge is 0.447 e. The van der Waals surface area contributed by atoms with E-state index < -0.39 is 0 Å². The van der Waals surface area contributed by atoms with E-state index in [0.717, 1.165) is 23.5 Å². The summed E-state index contributed by atoms with van der Waals surface area (Å²) in [6.07, 6.45) is 3.32. The SMILES string of the molecule is O=C1OCCN1c1cccc(NC(=O)N2CCC[C@H]2c2nccs2)c1. The number of benzene rings is 1. The minimum Gasteiger partial charge on any atom is -0.447 e. The van der Waals surface area contributed by atoms with Gasteiger partial charge in [-0.2, -0.15) is 0 Å². The van der Waals surface area contributed by atoms with Crippen LogP contribution in [0.3, 0.4) is 0 Å². The number of urea groups is 1. The molecule has 7 nitrogen and oxygen atoms in total. The standard InChI is InChI=1S/C17H18N4O3S/c22-16(21-7-2-5-14(21)15-18-6-10-25-15)19-12-3-1-4-13(11-12)20-8-9-24-17(20)23/h1,3-4,6,10-11,14H,2,5,7-9H2,(H,19,22)/t14-/m0/s1. The van der Waals surface area contributed by atoms with Crippen molar-refractivity contribution in [2.24, 2.45) is 0 Å². The van der Waals surface area contributed by atoms with E-state index in [2.05, 4.69) is 10.3 Å². The van der Waals surface area contributed by atoms with Gasteiger partial charge in [0.2, 0.25) is 0 Å². The number of carbonyl (C=O) groups excluding carboxylic acids is 2. The molecule has 2 fully saturated rings. The summed E-state index contributed by atoms with van der Waals surface area (Å²) in [6.45, 7) is 1.63. The van der Waals surface area contributed by atoms with Gasteiger partial charge >= 0.3 is 12.1 Å². The first-order valence-electron chi connectivity index (χ1n) is 8.24. The smallest absolute Gasteiger partial charge is 0.414 e. The average Bonchev–Trinajstić information content (AvgIpc) is 3.36. The van der Waals surface area contributed by atoms with Crippen LogP contribution in [0.5, 0.6) is 0 Å². The van der Waals surface area contributed by atoms with Crippen molar-refractivity contribution in [2.75, 3.05) is 29.9 Å². The average molecular weight is 358 g/mol. The van der Waals surface area contributed by atoms with Crippen molar-refractivity contribution in [3.8, 4) is 0 Å². The molecule has 1 aromatic carbocycles. The number of nitrogens with zero attached hydrogens (tertiary/aromatic N) is 3. The number of hydrogen-bond donors (Lipinski definition) is 1. The fraction of sp³-hybridized carbons (Fsp3) is 0.353. The summed E-state index contributed by atoms with van der Waals surface area (Å²) in [7, 11) is 0. The Morgan fingerprint density at radius 3 is 3.04 bits per heavy atom. The van der Waals surface area contributed by atoms with Crippen LogP contribution in [0.1, 0.15) is 23.9 Å². The van der Waals surface area contributed by atoms with Crippen molar-refractivity contribution in [1.29, 1.82) is 0 Å². The van der Waals surface area contributed by atoms with Crippen LogP contribution in [-0.2, 0) is 4.74 Å². The number of likely N-dealkylation sites (tertiary alicyclic amines) is 1. The second kappa shape index (κ2) is 6.72. The second-order valence-electron chi connectivity index (χ2n) is 5.97. The Kier molecular flexibility index (Phi) is 4.27. The molecule has 1 N–H and O–H groups in total. The van der Waals surface area contributed by atoms with Gasteiger partial charge < -0.3 is 15.0 Å². The van der Waals surface area contributed by atoms with Gasteiger partial charge in [-0.05, 0) is 31.0 Å². The molecule has 25 heavy (non-hydrogen) atoms. The first-order chi connectivity index (χ1) is 12.2. The lowest BCUT2D eigenvalue weighted by atomic mass is 10.2. The maximum absolute atomic E-state index is 12.7. The first kappa shape index (κ1) is 15.9. The Balaban J connectivity index is 1.48. The number of thiazole rings is 1. The topological polar surface area (TPSA) is 74.8 Å². The van der Waals surface area contributed by atoms with Crippen LogP contribution < -0.4 is 10.2 Å². The molecule has 2 aliphatic heterocycles. The molecule has 0 saturated carbocycles. The van der Waals surface area contributed by atoms with Crippen molar-refractivity contribution in [3.05, 3.63) is 40.8 Å². The number of nitrogens with one attached hydrogen (secondary N) is 1. The molecule has 1 atom stereocenters. The summed E-state index contributed by atoms with van der Waals surface area (Å²) in [4.78, 5) is 32.1. The second-order valence-corrected chi connectivity index (χ2v) is 6.89. The fourth-order valence-corrected chi connectivity index (χ4v) is 4.03. The molecule has 0 unspecified atom stereocenters. The van der Waals surface area contributed by atoms with E-state index in [1.54, 1.807) is 28.5 Å². The zero-order chi connectivity index (χ0) is 17.2. The number of aromatic nitrogens is 1. The van der Waals surface area contributed by atoms with Crippen LogP contribution in [0.15, 0.2) is 35.8 Å². The van der Waals surface area contributed by atoms with E-state index in [1.807, 2.05) is 28.5 Å². The third-order valence-corrected chi connectivity index (χ3v) is 5.30. The summed E-state index contributed by atoms with van der Waals surface area (Å²) in [6, 6.07) is 7.15. The van der Waals surface area contributed by atoms with Gasteiger partial charge in [-0.1, -0.05) is 6.07 Å². The van der Waals surface area contributed by atoms with Crippen LogP contribution in [-0.4, -0.2) is 41.7 Å². The third-order valence-electron chi connectivity index (χ3n) is 4.42. The highest BCUT2D eigenvalue weighted by Gasteiger charge is 2.32. The molecule has 2 aromatic rings. The van der Waals surface area contributed by atoms with Gasteiger partial charge in [0.15, 0.2) is 0 Å². The minimum absolute atomic E-state index is 0.0387. The summed E-state index contributed by atoms with van der Waals surface area (Å²) < 4.78 is 4.96. The number of carbonyl (C=O) groups is 2. The molecule has 2 aliphatic rings. The van der Waals surface area contributed by atoms with Gasteiger partial charge in [0.05, 0.1) is 12.6 Å². The van der Waals surface area contributed by atoms with Gasteiger partial charge in [-0.15, -0.1) is 11.3 Å². The Morgan fingerprint density at radius 1 is 1.36 bits per heavy atom. The van der Waals surface area contributed by atoms with E-state index in [1.165, 1.54) is 0 Å². The number of amides is 3. The van der Waals surface area contributed by atoms with E-state index in [4.69, 9.17) is 4.74 Å². The summed E-state index contributed by atoms with van der Waals surface area (Å²) >= 11 is 1.58. The van der Waals surface area contributed by atoms with E-state index in [9.17, 15) is 9.59 Å². The molecule has 3 heterocycles. The van der Waals surface area contributed by atoms with Crippen molar-refractivity contribution < 1.29 is 14.3 Å². The number of rotatable bonds is 3. The molecule has 1 aromatic heterocycles. The highest BCUT2D eigenvalue weighted by Crippen LogP contribution is 2.33. The number of anilines is 2. The molecule has 2 saturated heterocycles. The van der Waals surface area contributed by atoms with Gasteiger partial charge in [0, 0.05) is 29.5 Å². The van der Waals surface area contributed by atoms with Crippen molar-refractivity contribution in [2.45, 2.75) is 18.9 Å². The highest BCUT2D eigenvalue weighted by atomic mass is 32.1. The Bertz CT molecular complexity index is 780. The van der Waals surface area contributed by atoms with Gasteiger partial charge in [-0.25, -0.2) is 14.6 Å². The molecular weight excluding hydrogens is 340 g/mol. The van der Waals surface area contributed by atoms with Gasteiger partial charge in [0.25, 0.3) is 0 Å². The highest BCUT2D eigenvalue weighted by molar-refractivity contribution is 7.09. The monoisotopic (exact) mass is 358 g/mol. The van der Waals surface area contributed by atoms with Crippen LogP contribution in [0.4, 0.5) is 21.0 Å². The molecule has 130 valence electrons. The quantitative estimate of drug-likeness (QED) is 0.912. The van der Waals surface area contributed by atoms with Crippen LogP contribution in [0.2, 0.25) is 0 Å². The first-order valence-corrected chi connectivity index (χ1v) is 9.12. The third kappa shape index (κ3) is 3.17. The van der Waals surface area contributed by atoms with Crippen molar-refractivity contribution in [3.63, 3.8) is 0 Å². The molecular formula is C17H18N4O3S. The van der Waals surface area contributed by atoms with Crippen LogP contribution in [0, 0.1) is 0 Å². The zero-order valence-electron chi connectivity index (χ0n) is 13.6. The Hall–Kier alpha value is -2.61.